The number of hydrogen-bond acceptors (Lipinski definition) is 10. The largest absolute Gasteiger partial charge is 0.461 e. The van der Waals surface area contributed by atoms with Crippen LogP contribution in [0.1, 0.15) is 12.5 Å². The number of aryl methyl sites for hydroxylation is 1. The Labute approximate surface area is 188 Å². The Hall–Kier alpha value is -3.29. The number of rotatable bonds is 7. The lowest BCUT2D eigenvalue weighted by Crippen LogP contribution is -2.60. The molecule has 1 amide bonds. The lowest BCUT2D eigenvalue weighted by atomic mass is 9.99. The minimum atomic E-state index is -1.68. The van der Waals surface area contributed by atoms with E-state index in [0.29, 0.717) is 11.3 Å². The number of ether oxygens (including phenoxy) is 3. The van der Waals surface area contributed by atoms with Crippen LogP contribution in [0.2, 0.25) is 0 Å². The van der Waals surface area contributed by atoms with Crippen LogP contribution >= 0.6 is 0 Å². The number of carbonyl (C=O) groups is 1. The average Bonchev–Trinajstić information content (AvgIpc) is 2.76. The molecule has 5 N–H and O–H groups in total. The van der Waals surface area contributed by atoms with Crippen LogP contribution < -0.4 is 14.8 Å². The molecule has 1 aliphatic rings. The van der Waals surface area contributed by atoms with Gasteiger partial charge in [0.25, 0.3) is 0 Å². The monoisotopic (exact) mass is 464 g/mol. The summed E-state index contributed by atoms with van der Waals surface area (Å²) in [6.45, 7) is 2.23. The van der Waals surface area contributed by atoms with Gasteiger partial charge in [0.2, 0.25) is 17.9 Å². The number of nitrogens with one attached hydrogen (secondary N) is 1. The number of aliphatic hydroxyl groups excluding tert-OH is 4. The molecule has 3 rings (SSSR count). The van der Waals surface area contributed by atoms with Gasteiger partial charge in [-0.1, -0.05) is 12.1 Å². The van der Waals surface area contributed by atoms with E-state index in [4.69, 9.17) is 14.2 Å². The summed E-state index contributed by atoms with van der Waals surface area (Å²) < 4.78 is 16.6. The van der Waals surface area contributed by atoms with Gasteiger partial charge in [0.15, 0.2) is 5.75 Å². The molecule has 5 atom stereocenters. The van der Waals surface area contributed by atoms with E-state index in [-0.39, 0.29) is 23.2 Å². The molecular formula is C21H24N2O10. The molecule has 0 aliphatic carbocycles. The zero-order valence-electron chi connectivity index (χ0n) is 17.7. The van der Waals surface area contributed by atoms with Crippen molar-refractivity contribution in [1.29, 1.82) is 0 Å². The zero-order chi connectivity index (χ0) is 24.3. The Balaban J connectivity index is 1.91. The first-order chi connectivity index (χ1) is 15.6. The Kier molecular flexibility index (Phi) is 7.46. The SMILES string of the molecule is CC(=O)Nc1ccccc1Oc1cc(C)c(O[C@H]2O[C@H](CO)[C@@H](O)[C@H](O)[C@@H]2O)cc1[N+](=O)[O-]. The van der Waals surface area contributed by atoms with E-state index in [1.54, 1.807) is 25.1 Å². The highest BCUT2D eigenvalue weighted by Gasteiger charge is 2.45. The number of hydrogen-bond donors (Lipinski definition) is 5. The predicted octanol–water partition coefficient (Wildman–Crippen LogP) is 0.833. The molecule has 2 aromatic carbocycles. The topological polar surface area (TPSA) is 181 Å². The maximum atomic E-state index is 11.7. The number of aliphatic hydroxyl groups is 4. The van der Waals surface area contributed by atoms with Gasteiger partial charge >= 0.3 is 5.69 Å². The summed E-state index contributed by atoms with van der Waals surface area (Å²) in [5.74, 6) is -0.345. The van der Waals surface area contributed by atoms with Gasteiger partial charge < -0.3 is 40.0 Å². The summed E-state index contributed by atoms with van der Waals surface area (Å²) >= 11 is 0. The smallest absolute Gasteiger partial charge is 0.315 e. The highest BCUT2D eigenvalue weighted by atomic mass is 16.7. The molecule has 12 heteroatoms. The van der Waals surface area contributed by atoms with E-state index in [1.807, 2.05) is 0 Å². The van der Waals surface area contributed by atoms with E-state index in [2.05, 4.69) is 5.32 Å². The first-order valence-electron chi connectivity index (χ1n) is 9.93. The molecule has 1 saturated heterocycles. The van der Waals surface area contributed by atoms with Crippen LogP contribution in [0.5, 0.6) is 17.2 Å². The van der Waals surface area contributed by atoms with Crippen molar-refractivity contribution in [2.24, 2.45) is 0 Å². The molecule has 2 aromatic rings. The molecular weight excluding hydrogens is 440 g/mol. The van der Waals surface area contributed by atoms with Crippen LogP contribution in [-0.2, 0) is 9.53 Å². The molecule has 0 saturated carbocycles. The number of nitrogens with zero attached hydrogens (tertiary/aromatic N) is 1. The second-order valence-corrected chi connectivity index (χ2v) is 7.44. The van der Waals surface area contributed by atoms with Crippen molar-refractivity contribution in [2.75, 3.05) is 11.9 Å². The van der Waals surface area contributed by atoms with Crippen LogP contribution in [0.3, 0.4) is 0 Å². The number of para-hydroxylation sites is 2. The first-order valence-corrected chi connectivity index (χ1v) is 9.93. The predicted molar refractivity (Wildman–Crippen MR) is 113 cm³/mol. The summed E-state index contributed by atoms with van der Waals surface area (Å²) in [5.41, 5.74) is 0.209. The zero-order valence-corrected chi connectivity index (χ0v) is 17.7. The van der Waals surface area contributed by atoms with E-state index in [9.17, 15) is 35.3 Å². The standard InChI is InChI=1S/C21H24N2O10/c1-10-7-16(31-14-6-4-3-5-12(14)22-11(2)25)13(23(29)30)8-15(10)32-21-20(28)19(27)18(26)17(9-24)33-21/h3-8,17-21,24,26-28H,9H2,1-2H3,(H,22,25)/t17-,18-,19+,20+,21+/m1/s1. The second kappa shape index (κ2) is 10.1. The summed E-state index contributed by atoms with van der Waals surface area (Å²) in [5, 5.41) is 53.6. The van der Waals surface area contributed by atoms with Gasteiger partial charge in [0.05, 0.1) is 23.3 Å². The van der Waals surface area contributed by atoms with Gasteiger partial charge in [-0.3, -0.25) is 14.9 Å². The van der Waals surface area contributed by atoms with Crippen LogP contribution in [0.25, 0.3) is 0 Å². The fourth-order valence-corrected chi connectivity index (χ4v) is 3.26. The van der Waals surface area contributed by atoms with Crippen molar-refractivity contribution in [2.45, 2.75) is 44.6 Å². The highest BCUT2D eigenvalue weighted by Crippen LogP contribution is 2.40. The quantitative estimate of drug-likeness (QED) is 0.291. The molecule has 33 heavy (non-hydrogen) atoms. The van der Waals surface area contributed by atoms with Crippen molar-refractivity contribution in [1.82, 2.24) is 0 Å². The van der Waals surface area contributed by atoms with Gasteiger partial charge in [-0.2, -0.15) is 0 Å². The molecule has 0 spiro atoms. The minimum absolute atomic E-state index is 0.0477. The number of amides is 1. The summed E-state index contributed by atoms with van der Waals surface area (Å²) in [6, 6.07) is 8.80. The van der Waals surface area contributed by atoms with Gasteiger partial charge in [-0.25, -0.2) is 0 Å². The number of benzene rings is 2. The maximum absolute atomic E-state index is 11.7. The molecule has 0 radical (unpaired) electrons. The average molecular weight is 464 g/mol. The number of nitro benzene ring substituents is 1. The normalized spacial score (nSPS) is 24.7. The molecule has 0 bridgehead atoms. The van der Waals surface area contributed by atoms with E-state index >= 15 is 0 Å². The van der Waals surface area contributed by atoms with Crippen LogP contribution in [0, 0.1) is 17.0 Å². The van der Waals surface area contributed by atoms with Gasteiger partial charge in [0.1, 0.15) is 30.2 Å². The molecule has 1 fully saturated rings. The van der Waals surface area contributed by atoms with Gasteiger partial charge in [0, 0.05) is 6.92 Å². The Morgan fingerprint density at radius 1 is 1.12 bits per heavy atom. The fourth-order valence-electron chi connectivity index (χ4n) is 3.26. The van der Waals surface area contributed by atoms with Crippen LogP contribution in [0.4, 0.5) is 11.4 Å². The second-order valence-electron chi connectivity index (χ2n) is 7.44. The van der Waals surface area contributed by atoms with Crippen molar-refractivity contribution in [3.05, 3.63) is 52.1 Å². The van der Waals surface area contributed by atoms with Crippen LogP contribution in [-0.4, -0.2) is 68.6 Å². The van der Waals surface area contributed by atoms with Crippen LogP contribution in [0.15, 0.2) is 36.4 Å². The van der Waals surface area contributed by atoms with E-state index in [0.717, 1.165) is 6.07 Å². The summed E-state index contributed by atoms with van der Waals surface area (Å²) in [4.78, 5) is 22.4. The Morgan fingerprint density at radius 2 is 1.82 bits per heavy atom. The highest BCUT2D eigenvalue weighted by molar-refractivity contribution is 5.90. The van der Waals surface area contributed by atoms with Gasteiger partial charge in [-0.15, -0.1) is 0 Å². The van der Waals surface area contributed by atoms with Crippen molar-refractivity contribution < 1.29 is 44.4 Å². The molecule has 1 heterocycles. The van der Waals surface area contributed by atoms with Gasteiger partial charge in [-0.05, 0) is 30.7 Å². The molecule has 0 unspecified atom stereocenters. The third-order valence-electron chi connectivity index (χ3n) is 4.96. The third-order valence-corrected chi connectivity index (χ3v) is 4.96. The maximum Gasteiger partial charge on any atom is 0.315 e. The van der Waals surface area contributed by atoms with Crippen molar-refractivity contribution in [3.63, 3.8) is 0 Å². The van der Waals surface area contributed by atoms with E-state index < -0.39 is 47.9 Å². The molecule has 0 aromatic heterocycles. The third kappa shape index (κ3) is 5.38. The first kappa shape index (κ1) is 24.4. The lowest BCUT2D eigenvalue weighted by Gasteiger charge is -2.39. The van der Waals surface area contributed by atoms with E-state index in [1.165, 1.54) is 19.1 Å². The lowest BCUT2D eigenvalue weighted by molar-refractivity contribution is -0.385. The molecule has 178 valence electrons. The summed E-state index contributed by atoms with van der Waals surface area (Å²) in [6.07, 6.45) is -7.62. The number of carbonyl (C=O) groups excluding carboxylic acids is 1. The Bertz CT molecular complexity index is 1030. The Morgan fingerprint density at radius 3 is 2.45 bits per heavy atom. The minimum Gasteiger partial charge on any atom is -0.461 e. The number of anilines is 1. The fraction of sp³-hybridized carbons (Fsp3) is 0.381. The van der Waals surface area contributed by atoms with Crippen molar-refractivity contribution >= 4 is 17.3 Å². The summed E-state index contributed by atoms with van der Waals surface area (Å²) in [7, 11) is 0. The molecule has 1 aliphatic heterocycles. The molecule has 12 nitrogen and oxygen atoms in total. The number of nitro groups is 1. The van der Waals surface area contributed by atoms with Crippen molar-refractivity contribution in [3.8, 4) is 17.2 Å².